The van der Waals surface area contributed by atoms with E-state index in [1.165, 1.54) is 17.0 Å². The average Bonchev–Trinajstić information content (AvgIpc) is 2.59. The summed E-state index contributed by atoms with van der Waals surface area (Å²) in [5.74, 6) is -0.456. The minimum atomic E-state index is -0.915. The van der Waals surface area contributed by atoms with Gasteiger partial charge in [-0.15, -0.1) is 23.2 Å². The van der Waals surface area contributed by atoms with Crippen molar-refractivity contribution in [1.82, 2.24) is 10.2 Å². The molecule has 27 heavy (non-hydrogen) atoms. The first kappa shape index (κ1) is 22.9. The van der Waals surface area contributed by atoms with Crippen LogP contribution in [0.4, 0.5) is 17.1 Å². The predicted molar refractivity (Wildman–Crippen MR) is 104 cm³/mol. The highest BCUT2D eigenvalue weighted by molar-refractivity contribution is 6.18. The van der Waals surface area contributed by atoms with Crippen LogP contribution in [-0.4, -0.2) is 72.7 Å². The Kier molecular flexibility index (Phi) is 9.19. The second-order valence-corrected chi connectivity index (χ2v) is 6.52. The summed E-state index contributed by atoms with van der Waals surface area (Å²) in [5, 5.41) is 25.7. The maximum Gasteiger partial charge on any atom is 0.369 e. The smallest absolute Gasteiger partial charge is 0.363 e. The fourth-order valence-electron chi connectivity index (χ4n) is 2.42. The van der Waals surface area contributed by atoms with Gasteiger partial charge in [0.25, 0.3) is 5.91 Å². The van der Waals surface area contributed by atoms with Crippen molar-refractivity contribution in [3.05, 3.63) is 37.9 Å². The van der Waals surface area contributed by atoms with E-state index in [-0.39, 0.29) is 42.6 Å². The van der Waals surface area contributed by atoms with E-state index in [0.717, 1.165) is 0 Å². The number of likely N-dealkylation sites (N-methyl/N-ethyl adjacent to an activating group) is 1. The van der Waals surface area contributed by atoms with Crippen LogP contribution in [0.5, 0.6) is 0 Å². The van der Waals surface area contributed by atoms with Crippen LogP contribution >= 0.6 is 23.2 Å². The number of benzene rings is 1. The molecule has 1 aromatic carbocycles. The molecule has 0 atom stereocenters. The first-order valence-electron chi connectivity index (χ1n) is 8.00. The van der Waals surface area contributed by atoms with E-state index >= 15 is 0 Å². The van der Waals surface area contributed by atoms with Crippen LogP contribution in [0.15, 0.2) is 12.1 Å². The lowest BCUT2D eigenvalue weighted by Crippen LogP contribution is -2.32. The molecule has 0 saturated heterocycles. The van der Waals surface area contributed by atoms with E-state index in [1.54, 1.807) is 14.1 Å². The SMILES string of the molecule is CN(C)CCNC(=O)c1ccc(N(CCCl)CCCl)c([N+](=O)[O-])c1[N+](=O)[O-]. The molecule has 0 aliphatic rings. The minimum Gasteiger partial charge on any atom is -0.363 e. The van der Waals surface area contributed by atoms with Gasteiger partial charge in [0, 0.05) is 37.9 Å². The summed E-state index contributed by atoms with van der Waals surface area (Å²) in [6, 6.07) is 2.52. The number of alkyl halides is 2. The second-order valence-electron chi connectivity index (χ2n) is 5.77. The third-order valence-corrected chi connectivity index (χ3v) is 3.97. The van der Waals surface area contributed by atoms with Crippen molar-refractivity contribution >= 4 is 46.2 Å². The molecule has 1 N–H and O–H groups in total. The summed E-state index contributed by atoms with van der Waals surface area (Å²) in [7, 11) is 3.60. The number of carbonyl (C=O) groups excluding carboxylic acids is 1. The highest BCUT2D eigenvalue weighted by atomic mass is 35.5. The Morgan fingerprint density at radius 2 is 1.59 bits per heavy atom. The third-order valence-electron chi connectivity index (χ3n) is 3.63. The van der Waals surface area contributed by atoms with E-state index in [2.05, 4.69) is 5.32 Å². The number of amides is 1. The molecule has 10 nitrogen and oxygen atoms in total. The molecule has 1 aromatic rings. The normalized spacial score (nSPS) is 10.7. The van der Waals surface area contributed by atoms with Gasteiger partial charge in [-0.25, -0.2) is 0 Å². The average molecular weight is 422 g/mol. The van der Waals surface area contributed by atoms with Gasteiger partial charge in [0.2, 0.25) is 0 Å². The number of nitro groups is 2. The molecule has 0 fully saturated rings. The second kappa shape index (κ2) is 10.9. The zero-order valence-corrected chi connectivity index (χ0v) is 16.5. The highest BCUT2D eigenvalue weighted by Gasteiger charge is 2.36. The summed E-state index contributed by atoms with van der Waals surface area (Å²) in [6.45, 7) is 1.17. The van der Waals surface area contributed by atoms with Crippen molar-refractivity contribution < 1.29 is 14.6 Å². The number of hydrogen-bond donors (Lipinski definition) is 1. The lowest BCUT2D eigenvalue weighted by atomic mass is 10.1. The minimum absolute atomic E-state index is 0.00200. The van der Waals surface area contributed by atoms with Crippen molar-refractivity contribution in [3.63, 3.8) is 0 Å². The largest absolute Gasteiger partial charge is 0.369 e. The molecule has 1 rings (SSSR count). The zero-order chi connectivity index (χ0) is 20.6. The number of nitrogens with zero attached hydrogens (tertiary/aromatic N) is 4. The van der Waals surface area contributed by atoms with Crippen LogP contribution in [0.2, 0.25) is 0 Å². The van der Waals surface area contributed by atoms with Crippen LogP contribution in [-0.2, 0) is 0 Å². The Balaban J connectivity index is 3.43. The van der Waals surface area contributed by atoms with E-state index in [4.69, 9.17) is 23.2 Å². The molecule has 0 aromatic heterocycles. The van der Waals surface area contributed by atoms with Crippen molar-refractivity contribution in [2.45, 2.75) is 0 Å². The number of rotatable bonds is 11. The molecule has 0 aliphatic heterocycles. The Morgan fingerprint density at radius 1 is 1.04 bits per heavy atom. The molecular formula is C15H21Cl2N5O5. The molecule has 0 unspecified atom stereocenters. The van der Waals surface area contributed by atoms with Gasteiger partial charge in [-0.05, 0) is 26.2 Å². The maximum atomic E-state index is 12.3. The van der Waals surface area contributed by atoms with Gasteiger partial charge < -0.3 is 15.1 Å². The Labute approximate surface area is 166 Å². The Hall–Kier alpha value is -2.17. The quantitative estimate of drug-likeness (QED) is 0.329. The summed E-state index contributed by atoms with van der Waals surface area (Å²) in [4.78, 5) is 37.0. The topological polar surface area (TPSA) is 122 Å². The number of nitro benzene ring substituents is 2. The third kappa shape index (κ3) is 6.19. The molecular weight excluding hydrogens is 401 g/mol. The van der Waals surface area contributed by atoms with Gasteiger partial charge in [-0.2, -0.15) is 0 Å². The lowest BCUT2D eigenvalue weighted by Gasteiger charge is -2.22. The fraction of sp³-hybridized carbons (Fsp3) is 0.533. The number of halogens is 2. The summed E-state index contributed by atoms with van der Waals surface area (Å²) in [5.41, 5.74) is -1.98. The van der Waals surface area contributed by atoms with Crippen LogP contribution in [0.25, 0.3) is 0 Å². The summed E-state index contributed by atoms with van der Waals surface area (Å²) < 4.78 is 0. The number of anilines is 1. The number of nitrogens with one attached hydrogen (secondary N) is 1. The molecule has 0 saturated carbocycles. The molecule has 1 amide bonds. The van der Waals surface area contributed by atoms with E-state index in [0.29, 0.717) is 6.54 Å². The first-order valence-corrected chi connectivity index (χ1v) is 9.07. The predicted octanol–water partition coefficient (Wildman–Crippen LogP) is 2.08. The summed E-state index contributed by atoms with van der Waals surface area (Å²) >= 11 is 11.4. The molecule has 12 heteroatoms. The molecule has 0 radical (unpaired) electrons. The van der Waals surface area contributed by atoms with Gasteiger partial charge in [0.1, 0.15) is 11.3 Å². The van der Waals surface area contributed by atoms with Gasteiger partial charge in [-0.1, -0.05) is 0 Å². The van der Waals surface area contributed by atoms with E-state index in [1.807, 2.05) is 4.90 Å². The molecule has 0 aliphatic carbocycles. The van der Waals surface area contributed by atoms with Crippen molar-refractivity contribution in [2.75, 3.05) is 56.9 Å². The van der Waals surface area contributed by atoms with Gasteiger partial charge in [0.05, 0.1) is 9.85 Å². The van der Waals surface area contributed by atoms with Crippen molar-refractivity contribution in [2.24, 2.45) is 0 Å². The summed E-state index contributed by atoms with van der Waals surface area (Å²) in [6.07, 6.45) is 0. The zero-order valence-electron chi connectivity index (χ0n) is 15.0. The molecule has 0 bridgehead atoms. The molecule has 0 spiro atoms. The first-order chi connectivity index (χ1) is 12.7. The van der Waals surface area contributed by atoms with Crippen LogP contribution < -0.4 is 10.2 Å². The highest BCUT2D eigenvalue weighted by Crippen LogP contribution is 2.39. The van der Waals surface area contributed by atoms with Crippen LogP contribution in [0, 0.1) is 20.2 Å². The standard InChI is InChI=1S/C15H21Cl2N5O5/c1-19(2)10-7-18-15(23)11-3-4-12(20(8-5-16)9-6-17)14(22(26)27)13(11)21(24)25/h3-4H,5-10H2,1-2H3,(H,18,23). The maximum absolute atomic E-state index is 12.3. The van der Waals surface area contributed by atoms with Crippen LogP contribution in [0.1, 0.15) is 10.4 Å². The Bertz CT molecular complexity index is 695. The number of carbonyl (C=O) groups is 1. The molecule has 0 heterocycles. The van der Waals surface area contributed by atoms with E-state index in [9.17, 15) is 25.0 Å². The number of hydrogen-bond acceptors (Lipinski definition) is 7. The van der Waals surface area contributed by atoms with Gasteiger partial charge in [0.15, 0.2) is 0 Å². The van der Waals surface area contributed by atoms with Crippen molar-refractivity contribution in [1.29, 1.82) is 0 Å². The monoisotopic (exact) mass is 421 g/mol. The van der Waals surface area contributed by atoms with E-state index < -0.39 is 27.1 Å². The van der Waals surface area contributed by atoms with Crippen LogP contribution in [0.3, 0.4) is 0 Å². The molecule has 150 valence electrons. The Morgan fingerprint density at radius 3 is 2.04 bits per heavy atom. The lowest BCUT2D eigenvalue weighted by molar-refractivity contribution is -0.422. The fourth-order valence-corrected chi connectivity index (χ4v) is 2.83. The van der Waals surface area contributed by atoms with Gasteiger partial charge >= 0.3 is 11.4 Å². The van der Waals surface area contributed by atoms with Gasteiger partial charge in [-0.3, -0.25) is 25.0 Å². The van der Waals surface area contributed by atoms with Crippen molar-refractivity contribution in [3.8, 4) is 0 Å².